The lowest BCUT2D eigenvalue weighted by Crippen LogP contribution is -2.52. The van der Waals surface area contributed by atoms with E-state index < -0.39 is 11.5 Å². The topological polar surface area (TPSA) is 52.6 Å². The van der Waals surface area contributed by atoms with Crippen LogP contribution in [0.25, 0.3) is 0 Å². The summed E-state index contributed by atoms with van der Waals surface area (Å²) in [6, 6.07) is 10.7. The number of aliphatic carboxylic acids is 1. The number of benzene rings is 1. The number of carbonyl (C=O) groups is 1. The lowest BCUT2D eigenvalue weighted by atomic mass is 9.86. The predicted octanol–water partition coefficient (Wildman–Crippen LogP) is 3.06. The van der Waals surface area contributed by atoms with Crippen LogP contribution in [0, 0.1) is 0 Å². The number of rotatable bonds is 10. The fourth-order valence-electron chi connectivity index (χ4n) is 3.83. The van der Waals surface area contributed by atoms with Crippen molar-refractivity contribution in [2.45, 2.75) is 56.3 Å². The van der Waals surface area contributed by atoms with Gasteiger partial charge in [0.25, 0.3) is 0 Å². The van der Waals surface area contributed by atoms with Gasteiger partial charge in [-0.15, -0.1) is 0 Å². The zero-order chi connectivity index (χ0) is 18.1. The summed E-state index contributed by atoms with van der Waals surface area (Å²) in [7, 11) is 7.31. The third kappa shape index (κ3) is 5.58. The number of unbranched alkanes of at least 4 members (excludes halogenated alkanes) is 1. The quantitative estimate of drug-likeness (QED) is 0.507. The molecule has 1 heterocycles. The van der Waals surface area contributed by atoms with E-state index in [1.165, 1.54) is 5.56 Å². The number of hydrogen-bond donors (Lipinski definition) is 2. The molecule has 0 bridgehead atoms. The second kappa shape index (κ2) is 9.98. The van der Waals surface area contributed by atoms with Gasteiger partial charge in [-0.3, -0.25) is 4.79 Å². The van der Waals surface area contributed by atoms with Crippen molar-refractivity contribution in [3.05, 3.63) is 35.9 Å². The smallest absolute Gasteiger partial charge is 0.323 e. The minimum Gasteiger partial charge on any atom is -0.480 e. The first-order valence-corrected chi connectivity index (χ1v) is 9.51. The van der Waals surface area contributed by atoms with Crippen LogP contribution in [0.3, 0.4) is 0 Å². The van der Waals surface area contributed by atoms with Gasteiger partial charge in [0.05, 0.1) is 7.85 Å². The second-order valence-electron chi connectivity index (χ2n) is 7.16. The summed E-state index contributed by atoms with van der Waals surface area (Å²) >= 11 is 0. The fourth-order valence-corrected chi connectivity index (χ4v) is 3.83. The third-order valence-electron chi connectivity index (χ3n) is 5.66. The summed E-state index contributed by atoms with van der Waals surface area (Å²) in [5.41, 5.74) is 0.602. The molecule has 4 nitrogen and oxygen atoms in total. The highest BCUT2D eigenvalue weighted by molar-refractivity contribution is 6.08. The SMILES string of the molecule is [B]CCCCC(CCN1CCC(c2ccccc2)CC1)(NC)C(=O)O. The van der Waals surface area contributed by atoms with E-state index in [1.807, 2.05) is 0 Å². The minimum absolute atomic E-state index is 0.617. The highest BCUT2D eigenvalue weighted by atomic mass is 16.4. The van der Waals surface area contributed by atoms with Crippen molar-refractivity contribution in [3.63, 3.8) is 0 Å². The maximum atomic E-state index is 11.8. The first-order valence-electron chi connectivity index (χ1n) is 9.51. The van der Waals surface area contributed by atoms with Crippen molar-refractivity contribution in [2.24, 2.45) is 0 Å². The zero-order valence-electron chi connectivity index (χ0n) is 15.4. The summed E-state index contributed by atoms with van der Waals surface area (Å²) in [4.78, 5) is 14.3. The van der Waals surface area contributed by atoms with Crippen LogP contribution in [-0.2, 0) is 4.79 Å². The Morgan fingerprint density at radius 3 is 2.48 bits per heavy atom. The summed E-state index contributed by atoms with van der Waals surface area (Å²) in [6.07, 6.45) is 5.91. The lowest BCUT2D eigenvalue weighted by molar-refractivity contribution is -0.145. The van der Waals surface area contributed by atoms with Gasteiger partial charge >= 0.3 is 5.97 Å². The molecule has 0 saturated carbocycles. The van der Waals surface area contributed by atoms with Crippen LogP contribution in [0.15, 0.2) is 30.3 Å². The average Bonchev–Trinajstić information content (AvgIpc) is 2.65. The standard InChI is InChI=1S/C20H31BN2O2/c1-22-20(19(24)25,11-5-6-13-21)12-16-23-14-9-18(10-15-23)17-7-3-2-4-8-17/h2-4,7-8,18,22H,5-6,9-16H2,1H3,(H,24,25). The van der Waals surface area contributed by atoms with Gasteiger partial charge in [0.1, 0.15) is 5.54 Å². The van der Waals surface area contributed by atoms with Crippen LogP contribution < -0.4 is 5.32 Å². The Kier molecular flexibility index (Phi) is 7.98. The van der Waals surface area contributed by atoms with Crippen molar-refractivity contribution in [1.29, 1.82) is 0 Å². The molecule has 1 fully saturated rings. The van der Waals surface area contributed by atoms with E-state index in [1.54, 1.807) is 7.05 Å². The average molecular weight is 342 g/mol. The van der Waals surface area contributed by atoms with Crippen LogP contribution in [0.5, 0.6) is 0 Å². The van der Waals surface area contributed by atoms with Crippen LogP contribution in [0.1, 0.15) is 50.0 Å². The Balaban J connectivity index is 1.84. The van der Waals surface area contributed by atoms with E-state index >= 15 is 0 Å². The van der Waals surface area contributed by atoms with Gasteiger partial charge in [-0.2, -0.15) is 0 Å². The van der Waals surface area contributed by atoms with Gasteiger partial charge in [0.2, 0.25) is 0 Å². The summed E-state index contributed by atoms with van der Waals surface area (Å²) in [5.74, 6) is -0.110. The maximum absolute atomic E-state index is 11.8. The lowest BCUT2D eigenvalue weighted by Gasteiger charge is -2.36. The van der Waals surface area contributed by atoms with Gasteiger partial charge in [-0.05, 0) is 57.3 Å². The van der Waals surface area contributed by atoms with Crippen molar-refractivity contribution in [2.75, 3.05) is 26.7 Å². The first kappa shape index (κ1) is 20.0. The fraction of sp³-hybridized carbons (Fsp3) is 0.650. The zero-order valence-corrected chi connectivity index (χ0v) is 15.4. The summed E-state index contributed by atoms with van der Waals surface area (Å²) < 4.78 is 0. The number of piperidine rings is 1. The van der Waals surface area contributed by atoms with E-state index in [2.05, 4.69) is 40.5 Å². The summed E-state index contributed by atoms with van der Waals surface area (Å²) in [6.45, 7) is 2.92. The van der Waals surface area contributed by atoms with Crippen molar-refractivity contribution >= 4 is 13.8 Å². The molecular weight excluding hydrogens is 311 g/mol. The molecule has 1 aliphatic rings. The molecule has 25 heavy (non-hydrogen) atoms. The number of likely N-dealkylation sites (N-methyl/N-ethyl adjacent to an activating group) is 1. The Morgan fingerprint density at radius 2 is 1.92 bits per heavy atom. The van der Waals surface area contributed by atoms with Crippen molar-refractivity contribution in [3.8, 4) is 0 Å². The summed E-state index contributed by atoms with van der Waals surface area (Å²) in [5, 5.41) is 12.8. The monoisotopic (exact) mass is 342 g/mol. The van der Waals surface area contributed by atoms with E-state index in [4.69, 9.17) is 7.85 Å². The molecule has 1 aromatic rings. The molecule has 2 radical (unpaired) electrons. The first-order chi connectivity index (χ1) is 12.1. The highest BCUT2D eigenvalue weighted by Gasteiger charge is 2.36. The largest absolute Gasteiger partial charge is 0.480 e. The Morgan fingerprint density at radius 1 is 1.24 bits per heavy atom. The van der Waals surface area contributed by atoms with Gasteiger partial charge < -0.3 is 15.3 Å². The maximum Gasteiger partial charge on any atom is 0.323 e. The molecule has 2 rings (SSSR count). The molecule has 0 amide bonds. The Bertz CT molecular complexity index is 518. The molecule has 1 aliphatic heterocycles. The number of carboxylic acid groups (broad SMARTS) is 1. The van der Waals surface area contributed by atoms with Crippen molar-refractivity contribution in [1.82, 2.24) is 10.2 Å². The van der Waals surface area contributed by atoms with Gasteiger partial charge in [-0.1, -0.05) is 49.5 Å². The second-order valence-corrected chi connectivity index (χ2v) is 7.16. The minimum atomic E-state index is -0.828. The number of nitrogens with zero attached hydrogens (tertiary/aromatic N) is 1. The molecule has 0 aromatic heterocycles. The van der Waals surface area contributed by atoms with E-state index in [9.17, 15) is 9.90 Å². The molecule has 1 atom stereocenters. The van der Waals surface area contributed by atoms with Crippen LogP contribution in [0.4, 0.5) is 0 Å². The van der Waals surface area contributed by atoms with Gasteiger partial charge in [0.15, 0.2) is 0 Å². The normalized spacial score (nSPS) is 18.8. The third-order valence-corrected chi connectivity index (χ3v) is 5.66. The molecule has 1 saturated heterocycles. The van der Waals surface area contributed by atoms with Gasteiger partial charge in [0, 0.05) is 6.54 Å². The van der Waals surface area contributed by atoms with Crippen LogP contribution in [0.2, 0.25) is 6.32 Å². The number of carboxylic acids is 1. The predicted molar refractivity (Wildman–Crippen MR) is 103 cm³/mol. The number of hydrogen-bond acceptors (Lipinski definition) is 3. The van der Waals surface area contributed by atoms with E-state index in [-0.39, 0.29) is 0 Å². The molecule has 1 unspecified atom stereocenters. The Hall–Kier alpha value is -1.33. The molecule has 0 spiro atoms. The van der Waals surface area contributed by atoms with Gasteiger partial charge in [-0.25, -0.2) is 0 Å². The van der Waals surface area contributed by atoms with Crippen LogP contribution >= 0.6 is 0 Å². The highest BCUT2D eigenvalue weighted by Crippen LogP contribution is 2.28. The van der Waals surface area contributed by atoms with Crippen LogP contribution in [-0.4, -0.2) is 56.0 Å². The van der Waals surface area contributed by atoms with E-state index in [0.29, 0.717) is 25.1 Å². The number of likely N-dealkylation sites (tertiary alicyclic amines) is 1. The molecule has 2 N–H and O–H groups in total. The number of nitrogens with one attached hydrogen (secondary N) is 1. The van der Waals surface area contributed by atoms with Crippen molar-refractivity contribution < 1.29 is 9.90 Å². The molecule has 1 aromatic carbocycles. The molecule has 136 valence electrons. The van der Waals surface area contributed by atoms with E-state index in [0.717, 1.165) is 45.3 Å². The Labute approximate surface area is 153 Å². The molecule has 0 aliphatic carbocycles. The molecule has 5 heteroatoms. The molecular formula is C20H31BN2O2.